The van der Waals surface area contributed by atoms with Gasteiger partial charge in [0.25, 0.3) is 0 Å². The van der Waals surface area contributed by atoms with Gasteiger partial charge < -0.3 is 9.47 Å². The number of hydrogen-bond acceptors (Lipinski definition) is 2. The van der Waals surface area contributed by atoms with Crippen LogP contribution >= 0.6 is 0 Å². The fourth-order valence-electron chi connectivity index (χ4n) is 3.80. The highest BCUT2D eigenvalue weighted by molar-refractivity contribution is 5.34. The molecule has 1 saturated heterocycles. The molecule has 1 aliphatic carbocycles. The monoisotopic (exact) mass is 310 g/mol. The molecule has 1 aromatic carbocycles. The van der Waals surface area contributed by atoms with Crippen LogP contribution in [0.1, 0.15) is 50.0 Å². The molecule has 23 heavy (non-hydrogen) atoms. The molecule has 2 heteroatoms. The number of rotatable bonds is 3. The standard InChI is InChI=1S/C21H26O2/c1-3-5-17-8-10-18(11-9-17)20-14-22-21(23-15-20)19-12-6-16(4-2)7-13-19/h2-3,5-7,12-13,17-18,20-21H,8-11,14-15H2,1H3/t17-,18-,20-,21-. The normalized spacial score (nSPS) is 31.8. The number of benzene rings is 1. The largest absolute Gasteiger partial charge is 0.348 e. The molecule has 3 rings (SSSR count). The maximum absolute atomic E-state index is 5.99. The fourth-order valence-corrected chi connectivity index (χ4v) is 3.80. The van der Waals surface area contributed by atoms with E-state index in [0.717, 1.165) is 36.2 Å². The molecular weight excluding hydrogens is 284 g/mol. The Morgan fingerprint density at radius 3 is 2.22 bits per heavy atom. The first-order chi connectivity index (χ1) is 11.3. The van der Waals surface area contributed by atoms with Crippen molar-refractivity contribution in [1.82, 2.24) is 0 Å². The Kier molecular flexibility index (Phi) is 5.54. The van der Waals surface area contributed by atoms with Crippen molar-refractivity contribution in [3.8, 4) is 12.3 Å². The smallest absolute Gasteiger partial charge is 0.183 e. The van der Waals surface area contributed by atoms with Gasteiger partial charge in [0.2, 0.25) is 0 Å². The van der Waals surface area contributed by atoms with Crippen LogP contribution in [-0.2, 0) is 9.47 Å². The molecule has 0 amide bonds. The van der Waals surface area contributed by atoms with Crippen LogP contribution < -0.4 is 0 Å². The summed E-state index contributed by atoms with van der Waals surface area (Å²) in [7, 11) is 0. The van der Waals surface area contributed by atoms with E-state index in [0.29, 0.717) is 5.92 Å². The lowest BCUT2D eigenvalue weighted by atomic mass is 9.76. The van der Waals surface area contributed by atoms with Crippen LogP contribution in [0.5, 0.6) is 0 Å². The van der Waals surface area contributed by atoms with Crippen molar-refractivity contribution in [2.75, 3.05) is 13.2 Å². The first-order valence-corrected chi connectivity index (χ1v) is 8.72. The van der Waals surface area contributed by atoms with Crippen molar-refractivity contribution >= 4 is 0 Å². The van der Waals surface area contributed by atoms with Crippen LogP contribution in [0.2, 0.25) is 0 Å². The molecule has 0 bridgehead atoms. The fraction of sp³-hybridized carbons (Fsp3) is 0.524. The third kappa shape index (κ3) is 4.05. The van der Waals surface area contributed by atoms with Gasteiger partial charge in [0.15, 0.2) is 6.29 Å². The van der Waals surface area contributed by atoms with Gasteiger partial charge in [0.1, 0.15) is 0 Å². The molecule has 2 aliphatic rings. The summed E-state index contributed by atoms with van der Waals surface area (Å²) in [5.41, 5.74) is 1.94. The van der Waals surface area contributed by atoms with Gasteiger partial charge in [0.05, 0.1) is 13.2 Å². The van der Waals surface area contributed by atoms with Gasteiger partial charge in [-0.05, 0) is 56.6 Å². The van der Waals surface area contributed by atoms with E-state index in [4.69, 9.17) is 15.9 Å². The van der Waals surface area contributed by atoms with E-state index in [9.17, 15) is 0 Å². The van der Waals surface area contributed by atoms with E-state index in [1.54, 1.807) is 0 Å². The summed E-state index contributed by atoms with van der Waals surface area (Å²) in [6.07, 6.45) is 14.9. The van der Waals surface area contributed by atoms with E-state index >= 15 is 0 Å². The number of ether oxygens (including phenoxy) is 2. The second kappa shape index (κ2) is 7.81. The second-order valence-corrected chi connectivity index (χ2v) is 6.73. The molecule has 2 fully saturated rings. The highest BCUT2D eigenvalue weighted by Gasteiger charge is 2.31. The molecule has 0 N–H and O–H groups in total. The average Bonchev–Trinajstić information content (AvgIpc) is 2.63. The van der Waals surface area contributed by atoms with Gasteiger partial charge in [-0.2, -0.15) is 0 Å². The summed E-state index contributed by atoms with van der Waals surface area (Å²) >= 11 is 0. The number of hydrogen-bond donors (Lipinski definition) is 0. The molecule has 2 nitrogen and oxygen atoms in total. The van der Waals surface area contributed by atoms with Crippen LogP contribution in [-0.4, -0.2) is 13.2 Å². The molecule has 0 atom stereocenters. The van der Waals surface area contributed by atoms with Crippen molar-refractivity contribution in [1.29, 1.82) is 0 Å². The van der Waals surface area contributed by atoms with Crippen molar-refractivity contribution in [3.63, 3.8) is 0 Å². The summed E-state index contributed by atoms with van der Waals surface area (Å²) in [5.74, 6) is 4.71. The molecule has 1 aromatic rings. The Labute approximate surface area is 139 Å². The first-order valence-electron chi connectivity index (χ1n) is 8.72. The van der Waals surface area contributed by atoms with Crippen molar-refractivity contribution in [2.24, 2.45) is 17.8 Å². The predicted octanol–water partition coefficient (Wildman–Crippen LogP) is 4.71. The highest BCUT2D eigenvalue weighted by atomic mass is 16.7. The quantitative estimate of drug-likeness (QED) is 0.594. The molecular formula is C21H26O2. The summed E-state index contributed by atoms with van der Waals surface area (Å²) in [6.45, 7) is 3.73. The Bertz CT molecular complexity index is 550. The maximum Gasteiger partial charge on any atom is 0.183 e. The van der Waals surface area contributed by atoms with E-state index < -0.39 is 0 Å². The first kappa shape index (κ1) is 16.3. The number of allylic oxidation sites excluding steroid dienone is 2. The van der Waals surface area contributed by atoms with Crippen molar-refractivity contribution < 1.29 is 9.47 Å². The molecule has 0 spiro atoms. The van der Waals surface area contributed by atoms with Crippen molar-refractivity contribution in [3.05, 3.63) is 47.5 Å². The Morgan fingerprint density at radius 1 is 1.00 bits per heavy atom. The lowest BCUT2D eigenvalue weighted by molar-refractivity contribution is -0.214. The van der Waals surface area contributed by atoms with Crippen LogP contribution in [0.25, 0.3) is 0 Å². The van der Waals surface area contributed by atoms with Gasteiger partial charge in [-0.3, -0.25) is 0 Å². The molecule has 1 aliphatic heterocycles. The van der Waals surface area contributed by atoms with E-state index in [2.05, 4.69) is 25.0 Å². The van der Waals surface area contributed by atoms with Gasteiger partial charge in [-0.15, -0.1) is 6.42 Å². The predicted molar refractivity (Wildman–Crippen MR) is 92.8 cm³/mol. The van der Waals surface area contributed by atoms with Crippen LogP contribution in [0, 0.1) is 30.1 Å². The van der Waals surface area contributed by atoms with E-state index in [1.165, 1.54) is 25.7 Å². The van der Waals surface area contributed by atoms with Crippen LogP contribution in [0.3, 0.4) is 0 Å². The van der Waals surface area contributed by atoms with Crippen molar-refractivity contribution in [2.45, 2.75) is 38.9 Å². The maximum atomic E-state index is 5.99. The van der Waals surface area contributed by atoms with Gasteiger partial charge in [0, 0.05) is 17.0 Å². The zero-order valence-corrected chi connectivity index (χ0v) is 13.9. The molecule has 0 aromatic heterocycles. The Hall–Kier alpha value is -1.56. The summed E-state index contributed by atoms with van der Waals surface area (Å²) in [4.78, 5) is 0. The zero-order valence-electron chi connectivity index (χ0n) is 13.9. The summed E-state index contributed by atoms with van der Waals surface area (Å²) in [6, 6.07) is 7.89. The zero-order chi connectivity index (χ0) is 16.1. The third-order valence-corrected chi connectivity index (χ3v) is 5.22. The van der Waals surface area contributed by atoms with Crippen LogP contribution in [0.4, 0.5) is 0 Å². The molecule has 0 unspecified atom stereocenters. The molecule has 122 valence electrons. The summed E-state index contributed by atoms with van der Waals surface area (Å²) in [5, 5.41) is 0. The van der Waals surface area contributed by atoms with Gasteiger partial charge >= 0.3 is 0 Å². The number of terminal acetylenes is 1. The van der Waals surface area contributed by atoms with E-state index in [-0.39, 0.29) is 6.29 Å². The highest BCUT2D eigenvalue weighted by Crippen LogP contribution is 2.37. The average molecular weight is 310 g/mol. The topological polar surface area (TPSA) is 18.5 Å². The lowest BCUT2D eigenvalue weighted by Crippen LogP contribution is -2.34. The molecule has 1 saturated carbocycles. The minimum absolute atomic E-state index is 0.238. The van der Waals surface area contributed by atoms with Gasteiger partial charge in [-0.1, -0.05) is 30.2 Å². The minimum Gasteiger partial charge on any atom is -0.348 e. The Balaban J connectivity index is 1.49. The third-order valence-electron chi connectivity index (χ3n) is 5.22. The lowest BCUT2D eigenvalue weighted by Gasteiger charge is -2.37. The van der Waals surface area contributed by atoms with E-state index in [1.807, 2.05) is 24.3 Å². The minimum atomic E-state index is -0.238. The SMILES string of the molecule is C#Cc1ccc([C@H]2OC[C@H]([C@H]3CC[C@H](C=CC)CC3)CO2)cc1. The van der Waals surface area contributed by atoms with Gasteiger partial charge in [-0.25, -0.2) is 0 Å². The molecule has 0 radical (unpaired) electrons. The second-order valence-electron chi connectivity index (χ2n) is 6.73. The van der Waals surface area contributed by atoms with Crippen LogP contribution in [0.15, 0.2) is 36.4 Å². The molecule has 1 heterocycles. The summed E-state index contributed by atoms with van der Waals surface area (Å²) < 4.78 is 12.0. The Morgan fingerprint density at radius 2 is 1.65 bits per heavy atom.